The van der Waals surface area contributed by atoms with Crippen molar-refractivity contribution in [2.45, 2.75) is 6.92 Å². The van der Waals surface area contributed by atoms with Gasteiger partial charge in [-0.3, -0.25) is 10.1 Å². The third-order valence-corrected chi connectivity index (χ3v) is 7.07. The number of para-hydroxylation sites is 1. The molecule has 0 aliphatic rings. The van der Waals surface area contributed by atoms with Gasteiger partial charge in [0, 0.05) is 15.7 Å². The highest BCUT2D eigenvalue weighted by atomic mass is 79.9. The maximum atomic E-state index is 12.7. The quantitative estimate of drug-likeness (QED) is 0.159. The average molecular weight is 564 g/mol. The third-order valence-electron chi connectivity index (χ3n) is 5.27. The van der Waals surface area contributed by atoms with Crippen LogP contribution < -0.4 is 10.6 Å². The van der Waals surface area contributed by atoms with E-state index in [4.69, 9.17) is 16.6 Å². The number of anilines is 1. The minimum atomic E-state index is -0.465. The fraction of sp³-hybridized carbons (Fsp3) is 0.0385. The van der Waals surface area contributed by atoms with Gasteiger partial charge < -0.3 is 14.8 Å². The highest BCUT2D eigenvalue weighted by Gasteiger charge is 2.17. The molecule has 5 aromatic rings. The average Bonchev–Trinajstić information content (AvgIpc) is 3.49. The molecule has 6 nitrogen and oxygen atoms in total. The number of fused-ring (bicyclic) bond motifs is 1. The molecule has 0 saturated carbocycles. The second-order valence-electron chi connectivity index (χ2n) is 7.76. The van der Waals surface area contributed by atoms with Crippen molar-refractivity contribution in [1.29, 1.82) is 0 Å². The highest BCUT2D eigenvalue weighted by Crippen LogP contribution is 2.38. The number of phenols is 1. The molecule has 1 amide bonds. The Morgan fingerprint density at radius 3 is 2.63 bits per heavy atom. The van der Waals surface area contributed by atoms with E-state index in [1.165, 1.54) is 11.3 Å². The SMILES string of the molecule is Cc1cc(NC(=S)NC(=O)c2ccc(-c3ccc(Br)cc3)o2)cc(-c2nc3ccccc3s2)c1O. The van der Waals surface area contributed by atoms with Gasteiger partial charge in [-0.05, 0) is 73.2 Å². The van der Waals surface area contributed by atoms with Crippen LogP contribution >= 0.6 is 39.5 Å². The van der Waals surface area contributed by atoms with Gasteiger partial charge in [0.2, 0.25) is 0 Å². The van der Waals surface area contributed by atoms with Crippen LogP contribution in [0, 0.1) is 6.92 Å². The van der Waals surface area contributed by atoms with Crippen LogP contribution in [0.5, 0.6) is 5.75 Å². The lowest BCUT2D eigenvalue weighted by Crippen LogP contribution is -2.33. The molecule has 3 N–H and O–H groups in total. The van der Waals surface area contributed by atoms with Crippen LogP contribution in [0.2, 0.25) is 0 Å². The molecule has 2 heterocycles. The number of thiocarbonyl (C=S) groups is 1. The number of phenolic OH excluding ortho intramolecular Hbond substituents is 1. The van der Waals surface area contributed by atoms with Gasteiger partial charge in [-0.2, -0.15) is 0 Å². The molecular formula is C26H18BrN3O3S2. The van der Waals surface area contributed by atoms with E-state index in [0.717, 1.165) is 20.3 Å². The summed E-state index contributed by atoms with van der Waals surface area (Å²) >= 11 is 10.2. The number of aromatic nitrogens is 1. The van der Waals surface area contributed by atoms with Crippen molar-refractivity contribution in [1.82, 2.24) is 10.3 Å². The monoisotopic (exact) mass is 563 g/mol. The molecule has 0 spiro atoms. The number of amides is 1. The lowest BCUT2D eigenvalue weighted by molar-refractivity contribution is 0.0951. The molecule has 0 aliphatic heterocycles. The van der Waals surface area contributed by atoms with Crippen molar-refractivity contribution < 1.29 is 14.3 Å². The number of rotatable bonds is 4. The summed E-state index contributed by atoms with van der Waals surface area (Å²) in [7, 11) is 0. The molecule has 2 aromatic heterocycles. The summed E-state index contributed by atoms with van der Waals surface area (Å²) in [6, 6.07) is 22.3. The fourth-order valence-electron chi connectivity index (χ4n) is 3.56. The number of carbonyl (C=O) groups is 1. The van der Waals surface area contributed by atoms with Crippen LogP contribution in [-0.2, 0) is 0 Å². The largest absolute Gasteiger partial charge is 0.507 e. The topological polar surface area (TPSA) is 87.4 Å². The second kappa shape index (κ2) is 9.61. The molecule has 35 heavy (non-hydrogen) atoms. The predicted octanol–water partition coefficient (Wildman–Crippen LogP) is 7.13. The van der Waals surface area contributed by atoms with E-state index in [2.05, 4.69) is 31.5 Å². The number of aromatic hydroxyl groups is 1. The normalized spacial score (nSPS) is 10.9. The van der Waals surface area contributed by atoms with Crippen LogP contribution in [0.4, 0.5) is 5.69 Å². The summed E-state index contributed by atoms with van der Waals surface area (Å²) < 4.78 is 7.69. The van der Waals surface area contributed by atoms with E-state index >= 15 is 0 Å². The zero-order valence-corrected chi connectivity index (χ0v) is 21.6. The standard InChI is InChI=1S/C26H18BrN3O3S2/c1-14-12-17(13-18(23(14)31)25-29-19-4-2-3-5-22(19)35-25)28-26(34)30-24(32)21-11-10-20(33-21)15-6-8-16(27)9-7-15/h2-13,31H,1H3,(H2,28,30,32,34). The van der Waals surface area contributed by atoms with Gasteiger partial charge in [0.25, 0.3) is 5.91 Å². The number of nitrogens with zero attached hydrogens (tertiary/aromatic N) is 1. The molecule has 0 saturated heterocycles. The van der Waals surface area contributed by atoms with Gasteiger partial charge >= 0.3 is 0 Å². The number of aryl methyl sites for hydroxylation is 1. The first-order valence-corrected chi connectivity index (χ1v) is 12.6. The molecule has 3 aromatic carbocycles. The van der Waals surface area contributed by atoms with Gasteiger partial charge in [-0.25, -0.2) is 4.98 Å². The first-order chi connectivity index (χ1) is 16.9. The molecule has 9 heteroatoms. The number of thiazole rings is 1. The fourth-order valence-corrected chi connectivity index (χ4v) is 5.02. The summed E-state index contributed by atoms with van der Waals surface area (Å²) in [4.78, 5) is 17.3. The predicted molar refractivity (Wildman–Crippen MR) is 147 cm³/mol. The molecule has 0 atom stereocenters. The van der Waals surface area contributed by atoms with E-state index < -0.39 is 5.91 Å². The Morgan fingerprint density at radius 2 is 1.86 bits per heavy atom. The maximum absolute atomic E-state index is 12.7. The molecule has 0 aliphatic carbocycles. The van der Waals surface area contributed by atoms with Crippen LogP contribution in [0.3, 0.4) is 0 Å². The maximum Gasteiger partial charge on any atom is 0.293 e. The van der Waals surface area contributed by atoms with Gasteiger partial charge in [-0.1, -0.05) is 40.2 Å². The van der Waals surface area contributed by atoms with Crippen molar-refractivity contribution in [2.24, 2.45) is 0 Å². The Hall–Kier alpha value is -3.53. The molecule has 0 fully saturated rings. The van der Waals surface area contributed by atoms with E-state index in [1.807, 2.05) is 48.5 Å². The minimum Gasteiger partial charge on any atom is -0.507 e. The van der Waals surface area contributed by atoms with Gasteiger partial charge in [-0.15, -0.1) is 11.3 Å². The summed E-state index contributed by atoms with van der Waals surface area (Å²) in [5.41, 5.74) is 3.59. The van der Waals surface area contributed by atoms with Crippen molar-refractivity contribution in [2.75, 3.05) is 5.32 Å². The lowest BCUT2D eigenvalue weighted by atomic mass is 10.1. The summed E-state index contributed by atoms with van der Waals surface area (Å²) in [6.45, 7) is 1.80. The number of halogens is 1. The zero-order valence-electron chi connectivity index (χ0n) is 18.3. The minimum absolute atomic E-state index is 0.108. The first-order valence-electron chi connectivity index (χ1n) is 10.5. The molecule has 174 valence electrons. The Morgan fingerprint density at radius 1 is 1.09 bits per heavy atom. The third kappa shape index (κ3) is 4.97. The second-order valence-corrected chi connectivity index (χ2v) is 10.1. The smallest absolute Gasteiger partial charge is 0.293 e. The van der Waals surface area contributed by atoms with Crippen LogP contribution in [0.25, 0.3) is 32.1 Å². The first kappa shape index (κ1) is 23.2. The summed E-state index contributed by atoms with van der Waals surface area (Å²) in [5.74, 6) is 0.411. The van der Waals surface area contributed by atoms with Crippen molar-refractivity contribution >= 4 is 66.4 Å². The number of hydrogen-bond acceptors (Lipinski definition) is 6. The number of nitrogens with one attached hydrogen (secondary N) is 2. The Kier molecular flexibility index (Phi) is 6.38. The van der Waals surface area contributed by atoms with Crippen LogP contribution in [0.1, 0.15) is 16.1 Å². The van der Waals surface area contributed by atoms with Gasteiger partial charge in [0.15, 0.2) is 10.9 Å². The lowest BCUT2D eigenvalue weighted by Gasteiger charge is -2.12. The van der Waals surface area contributed by atoms with E-state index in [0.29, 0.717) is 27.6 Å². The molecule has 0 bridgehead atoms. The summed E-state index contributed by atoms with van der Waals surface area (Å²) in [5, 5.41) is 17.1. The highest BCUT2D eigenvalue weighted by molar-refractivity contribution is 9.10. The Bertz CT molecular complexity index is 1540. The number of carbonyl (C=O) groups excluding carboxylic acids is 1. The Balaban J connectivity index is 1.32. The number of furan rings is 1. The molecule has 0 radical (unpaired) electrons. The van der Waals surface area contributed by atoms with Crippen molar-refractivity contribution in [3.05, 3.63) is 88.6 Å². The molecular weight excluding hydrogens is 546 g/mol. The Labute approximate surface area is 218 Å². The van der Waals surface area contributed by atoms with Gasteiger partial charge in [0.1, 0.15) is 16.5 Å². The molecule has 5 rings (SSSR count). The number of benzene rings is 3. The summed E-state index contributed by atoms with van der Waals surface area (Å²) in [6.07, 6.45) is 0. The molecule has 0 unspecified atom stereocenters. The van der Waals surface area contributed by atoms with E-state index in [-0.39, 0.29) is 16.6 Å². The van der Waals surface area contributed by atoms with Crippen molar-refractivity contribution in [3.8, 4) is 27.6 Å². The van der Waals surface area contributed by atoms with Crippen LogP contribution in [0.15, 0.2) is 81.7 Å². The number of hydrogen-bond donors (Lipinski definition) is 3. The van der Waals surface area contributed by atoms with E-state index in [9.17, 15) is 9.90 Å². The van der Waals surface area contributed by atoms with Crippen LogP contribution in [-0.4, -0.2) is 21.1 Å². The van der Waals surface area contributed by atoms with Gasteiger partial charge in [0.05, 0.1) is 15.8 Å². The zero-order chi connectivity index (χ0) is 24.5. The van der Waals surface area contributed by atoms with E-state index in [1.54, 1.807) is 31.2 Å². The van der Waals surface area contributed by atoms with Crippen molar-refractivity contribution in [3.63, 3.8) is 0 Å².